The van der Waals surface area contributed by atoms with Gasteiger partial charge in [0.05, 0.1) is 42.3 Å². The van der Waals surface area contributed by atoms with Gasteiger partial charge in [0, 0.05) is 62.3 Å². The summed E-state index contributed by atoms with van der Waals surface area (Å²) < 4.78 is 44.4. The van der Waals surface area contributed by atoms with Crippen molar-refractivity contribution in [2.75, 3.05) is 32.3 Å². The summed E-state index contributed by atoms with van der Waals surface area (Å²) in [4.78, 5) is 38.7. The molecular weight excluding hydrogens is 770 g/mol. The van der Waals surface area contributed by atoms with E-state index in [1.807, 2.05) is 24.3 Å². The Balaban J connectivity index is 1.35. The van der Waals surface area contributed by atoms with Crippen molar-refractivity contribution < 1.29 is 32.7 Å². The lowest BCUT2D eigenvalue weighted by Crippen LogP contribution is -2.46. The number of fused-ring (bicyclic) bond motifs is 3. The highest BCUT2D eigenvalue weighted by molar-refractivity contribution is 7.76. The molecule has 302 valence electrons. The summed E-state index contributed by atoms with van der Waals surface area (Å²) in [6.07, 6.45) is 13.3. The van der Waals surface area contributed by atoms with E-state index in [4.69, 9.17) is 30.5 Å². The van der Waals surface area contributed by atoms with E-state index in [1.165, 1.54) is 42.1 Å². The molecule has 2 amide bonds. The highest BCUT2D eigenvalue weighted by atomic mass is 35.5. The molecule has 0 radical (unpaired) electrons. The second-order valence-corrected chi connectivity index (χ2v) is 16.5. The molecule has 4 aromatic rings. The molecule has 2 bridgehead atoms. The minimum atomic E-state index is -2.80. The maximum Gasteiger partial charge on any atom is 0.285 e. The predicted molar refractivity (Wildman–Crippen MR) is 216 cm³/mol. The Kier molecular flexibility index (Phi) is 12.8. The van der Waals surface area contributed by atoms with Crippen LogP contribution in [-0.4, -0.2) is 80.7 Å². The average molecular weight is 818 g/mol. The third-order valence-electron chi connectivity index (χ3n) is 11.0. The first-order valence-electron chi connectivity index (χ1n) is 19.2. The Hall–Kier alpha value is -4.99. The van der Waals surface area contributed by atoms with E-state index in [1.54, 1.807) is 39.3 Å². The summed E-state index contributed by atoms with van der Waals surface area (Å²) in [6.45, 7) is 3.50. The molecule has 2 aromatic carbocycles. The molecule has 2 unspecified atom stereocenters. The van der Waals surface area contributed by atoms with Gasteiger partial charge in [-0.05, 0) is 91.5 Å². The molecule has 2 aliphatic heterocycles. The zero-order valence-electron chi connectivity index (χ0n) is 32.4. The molecule has 1 aliphatic carbocycles. The number of nitrogens with one attached hydrogen (secondary N) is 1. The van der Waals surface area contributed by atoms with Crippen molar-refractivity contribution in [1.82, 2.24) is 25.1 Å². The van der Waals surface area contributed by atoms with Gasteiger partial charge in [0.2, 0.25) is 11.8 Å². The lowest BCUT2D eigenvalue weighted by Gasteiger charge is -2.43. The fourth-order valence-corrected chi connectivity index (χ4v) is 9.19. The summed E-state index contributed by atoms with van der Waals surface area (Å²) >= 11 is 6.49. The number of amides is 2. The fraction of sp³-hybridized carbons (Fsp3) is 0.439. The number of halogens is 1. The van der Waals surface area contributed by atoms with E-state index in [9.17, 15) is 13.8 Å². The van der Waals surface area contributed by atoms with Crippen LogP contribution in [0, 0.1) is 17.8 Å². The van der Waals surface area contributed by atoms with Crippen molar-refractivity contribution in [3.63, 3.8) is 0 Å². The number of methoxy groups -OCH3 is 2. The number of carbonyl (C=O) groups is 2. The third kappa shape index (κ3) is 9.26. The number of carbonyl (C=O) groups excluding carboxylic acids is 2. The van der Waals surface area contributed by atoms with Gasteiger partial charge in [0.25, 0.3) is 11.8 Å². The van der Waals surface area contributed by atoms with Crippen molar-refractivity contribution in [1.29, 1.82) is 0 Å². The Labute approximate surface area is 339 Å². The van der Waals surface area contributed by atoms with Crippen molar-refractivity contribution in [3.05, 3.63) is 101 Å². The van der Waals surface area contributed by atoms with Gasteiger partial charge in [-0.1, -0.05) is 30.7 Å². The molecule has 4 heterocycles. The van der Waals surface area contributed by atoms with E-state index < -0.39 is 39.8 Å². The Morgan fingerprint density at radius 2 is 1.89 bits per heavy atom. The lowest BCUT2D eigenvalue weighted by molar-refractivity contribution is 0.0127. The number of rotatable bonds is 6. The maximum atomic E-state index is 14.5. The highest BCUT2D eigenvalue weighted by Crippen LogP contribution is 2.42. The number of benzene rings is 2. The maximum absolute atomic E-state index is 14.5. The zero-order chi connectivity index (χ0) is 40.1. The van der Waals surface area contributed by atoms with Crippen LogP contribution in [0.1, 0.15) is 64.4 Å². The largest absolute Gasteiger partial charge is 0.491 e. The summed E-state index contributed by atoms with van der Waals surface area (Å²) in [5.74, 6) is -0.663. The first-order chi connectivity index (χ1) is 27.6. The molecule has 2 aromatic heterocycles. The van der Waals surface area contributed by atoms with Gasteiger partial charge in [-0.2, -0.15) is 4.36 Å². The molecule has 1 fully saturated rings. The van der Waals surface area contributed by atoms with Gasteiger partial charge >= 0.3 is 0 Å². The zero-order valence-corrected chi connectivity index (χ0v) is 34.1. The van der Waals surface area contributed by atoms with Gasteiger partial charge in [-0.25, -0.2) is 4.98 Å². The number of hydrogen-bond donors (Lipinski definition) is 2. The summed E-state index contributed by atoms with van der Waals surface area (Å²) in [5.41, 5.74) is 3.44. The summed E-state index contributed by atoms with van der Waals surface area (Å²) in [5, 5.41) is 6.58. The van der Waals surface area contributed by atoms with Gasteiger partial charge < -0.3 is 29.2 Å². The van der Waals surface area contributed by atoms with Gasteiger partial charge in [0.15, 0.2) is 0 Å². The normalized spacial score (nSPS) is 26.2. The molecule has 57 heavy (non-hydrogen) atoms. The smallest absolute Gasteiger partial charge is 0.285 e. The van der Waals surface area contributed by atoms with Crippen LogP contribution in [0.25, 0.3) is 0 Å². The van der Waals surface area contributed by atoms with Crippen molar-refractivity contribution in [2.24, 2.45) is 29.2 Å². The van der Waals surface area contributed by atoms with Crippen molar-refractivity contribution in [3.8, 4) is 17.5 Å². The number of ether oxygens (including phenoxy) is 4. The number of hydrogen-bond acceptors (Lipinski definition) is 11. The van der Waals surface area contributed by atoms with Gasteiger partial charge in [-0.3, -0.25) is 23.5 Å². The van der Waals surface area contributed by atoms with E-state index in [0.29, 0.717) is 30.5 Å². The number of nitrogens with zero attached hydrogens (tertiary/aromatic N) is 6. The molecule has 16 heteroatoms. The number of aryl methyl sites for hydroxylation is 2. The van der Waals surface area contributed by atoms with E-state index in [0.717, 1.165) is 43.4 Å². The van der Waals surface area contributed by atoms with Crippen molar-refractivity contribution >= 4 is 39.7 Å². The predicted octanol–water partition coefficient (Wildman–Crippen LogP) is 5.85. The average Bonchev–Trinajstić information content (AvgIpc) is 3.58. The van der Waals surface area contributed by atoms with Crippen LogP contribution in [0.3, 0.4) is 0 Å². The monoisotopic (exact) mass is 817 g/mol. The van der Waals surface area contributed by atoms with Gasteiger partial charge in [0.1, 0.15) is 22.8 Å². The minimum Gasteiger partial charge on any atom is -0.491 e. The topological polar surface area (TPSA) is 159 Å². The fourth-order valence-electron chi connectivity index (χ4n) is 7.78. The molecule has 1 N–H and O–H groups in total. The van der Waals surface area contributed by atoms with E-state index in [-0.39, 0.29) is 40.8 Å². The highest BCUT2D eigenvalue weighted by Gasteiger charge is 2.39. The summed E-state index contributed by atoms with van der Waals surface area (Å²) in [7, 11) is 1.96. The van der Waals surface area contributed by atoms with Crippen LogP contribution in [0.5, 0.6) is 17.5 Å². The Morgan fingerprint density at radius 3 is 2.65 bits per heavy atom. The number of thiol groups is 1. The molecule has 0 saturated heterocycles. The molecule has 3 aliphatic rings. The molecule has 7 rings (SSSR count). The Morgan fingerprint density at radius 1 is 1.05 bits per heavy atom. The van der Waals surface area contributed by atoms with E-state index in [2.05, 4.69) is 35.7 Å². The second-order valence-electron chi connectivity index (χ2n) is 14.7. The van der Waals surface area contributed by atoms with E-state index >= 15 is 0 Å². The molecule has 14 nitrogen and oxygen atoms in total. The van der Waals surface area contributed by atoms with Crippen molar-refractivity contribution in [2.45, 2.75) is 63.2 Å². The standard InChI is InChI=1S/C41H48ClN7O7S/c1-25-34(56-37-21-43-16-17-44-37)14-15-35(53-3)31-12-9-29(31)23-49-22-28-8-11-30(42)19-26(28)7-5-6-18-55-36-13-10-27(20-33(36)49)38(50)47-57(52)41(25)45-39(51)32-24-48(2)46-40(32)54-4/h8,10-11,13-17,19-21,24-25,29,31,34-35,41,57H,5-7,9,12,18,22-23H2,1-4H3,(H,45,51)/b15-14+/t25-,29-,31+,34-,35-,41?/m0/s1. The quantitative estimate of drug-likeness (QED) is 0.178. The molecular formula is C41H48ClN7O7S. The van der Waals surface area contributed by atoms with Crippen LogP contribution in [0.4, 0.5) is 5.69 Å². The summed E-state index contributed by atoms with van der Waals surface area (Å²) in [6, 6.07) is 11.3. The molecule has 0 spiro atoms. The first kappa shape index (κ1) is 40.2. The number of anilines is 1. The van der Waals surface area contributed by atoms with Crippen LogP contribution >= 0.6 is 11.6 Å². The van der Waals surface area contributed by atoms with Crippen LogP contribution < -0.4 is 24.4 Å². The first-order valence-corrected chi connectivity index (χ1v) is 20.8. The third-order valence-corrected chi connectivity index (χ3v) is 12.7. The molecule has 1 saturated carbocycles. The van der Waals surface area contributed by atoms with Crippen LogP contribution in [-0.2, 0) is 35.3 Å². The van der Waals surface area contributed by atoms with Gasteiger partial charge in [-0.15, -0.1) is 5.10 Å². The molecule has 7 atom stereocenters. The second kappa shape index (κ2) is 18.1. The van der Waals surface area contributed by atoms with Crippen LogP contribution in [0.2, 0.25) is 5.02 Å². The lowest BCUT2D eigenvalue weighted by atomic mass is 9.70. The minimum absolute atomic E-state index is 0.0878. The Bertz CT molecular complexity index is 2190. The van der Waals surface area contributed by atoms with Crippen LogP contribution in [0.15, 0.2) is 77.7 Å². The number of aromatic nitrogens is 4. The SMILES string of the molecule is COc1nn(C)cc1C(=O)NC1[C@@H](C)[C@@H](Oc2cnccn2)/C=C/[C@H](OC)[C@@H]2CC[C@H]2CN2Cc3ccc(Cl)cc3CCCCOc3ccc(cc32)C(=O)/N=[SH]\1=O.